The molecule has 0 aromatic heterocycles. The second kappa shape index (κ2) is 9.33. The van der Waals surface area contributed by atoms with E-state index >= 15 is 0 Å². The SMILES string of the molecule is COC(=O)[C@]12CN(S(=O)(=O)c3ccccc3[N+](=O)[O-])C[C@H]1[C@H](c1ccccc1)[C@H](c1ccc(F)cc1)N2. The third-order valence-corrected chi connectivity index (χ3v) is 9.17. The van der Waals surface area contributed by atoms with Gasteiger partial charge in [0.05, 0.1) is 12.0 Å². The average molecular weight is 526 g/mol. The number of halogens is 1. The molecular weight excluding hydrogens is 501 g/mol. The summed E-state index contributed by atoms with van der Waals surface area (Å²) in [7, 11) is -3.10. The smallest absolute Gasteiger partial charge is 0.327 e. The van der Waals surface area contributed by atoms with Gasteiger partial charge in [-0.3, -0.25) is 15.4 Å². The van der Waals surface area contributed by atoms with Crippen molar-refractivity contribution in [1.82, 2.24) is 9.62 Å². The maximum absolute atomic E-state index is 13.7. The van der Waals surface area contributed by atoms with E-state index in [9.17, 15) is 27.7 Å². The van der Waals surface area contributed by atoms with Crippen molar-refractivity contribution in [3.05, 3.63) is 106 Å². The number of nitro benzene ring substituents is 1. The summed E-state index contributed by atoms with van der Waals surface area (Å²) in [4.78, 5) is 23.7. The van der Waals surface area contributed by atoms with Gasteiger partial charge in [0.25, 0.3) is 5.69 Å². The van der Waals surface area contributed by atoms with E-state index in [0.717, 1.165) is 21.5 Å². The number of hydrogen-bond acceptors (Lipinski definition) is 7. The number of sulfonamides is 1. The van der Waals surface area contributed by atoms with Crippen LogP contribution >= 0.6 is 0 Å². The highest BCUT2D eigenvalue weighted by atomic mass is 32.2. The van der Waals surface area contributed by atoms with Crippen molar-refractivity contribution in [2.45, 2.75) is 22.4 Å². The van der Waals surface area contributed by atoms with Crippen molar-refractivity contribution >= 4 is 21.7 Å². The summed E-state index contributed by atoms with van der Waals surface area (Å²) in [5, 5.41) is 14.9. The molecule has 2 aliphatic heterocycles. The zero-order chi connectivity index (χ0) is 26.4. The van der Waals surface area contributed by atoms with Gasteiger partial charge in [0.2, 0.25) is 10.0 Å². The van der Waals surface area contributed by atoms with Gasteiger partial charge >= 0.3 is 5.97 Å². The fourth-order valence-corrected chi connectivity index (χ4v) is 7.34. The van der Waals surface area contributed by atoms with Crippen molar-refractivity contribution in [2.75, 3.05) is 20.2 Å². The topological polar surface area (TPSA) is 119 Å². The first-order valence-corrected chi connectivity index (χ1v) is 13.0. The quantitative estimate of drug-likeness (QED) is 0.298. The first-order valence-electron chi connectivity index (χ1n) is 11.6. The first kappa shape index (κ1) is 25.0. The second-order valence-electron chi connectivity index (χ2n) is 9.20. The number of fused-ring (bicyclic) bond motifs is 1. The van der Waals surface area contributed by atoms with E-state index in [1.54, 1.807) is 12.1 Å². The first-order chi connectivity index (χ1) is 17.7. The van der Waals surface area contributed by atoms with Crippen LogP contribution in [0.1, 0.15) is 23.1 Å². The predicted molar refractivity (Wildman–Crippen MR) is 132 cm³/mol. The maximum atomic E-state index is 13.7. The molecule has 192 valence electrons. The molecule has 2 saturated heterocycles. The van der Waals surface area contributed by atoms with Gasteiger partial charge in [-0.2, -0.15) is 4.31 Å². The molecule has 1 N–H and O–H groups in total. The molecule has 5 rings (SSSR count). The summed E-state index contributed by atoms with van der Waals surface area (Å²) in [6.45, 7) is -0.354. The van der Waals surface area contributed by atoms with Crippen molar-refractivity contribution in [1.29, 1.82) is 0 Å². The lowest BCUT2D eigenvalue weighted by atomic mass is 9.76. The lowest BCUT2D eigenvalue weighted by Gasteiger charge is -2.27. The number of nitrogens with one attached hydrogen (secondary N) is 1. The van der Waals surface area contributed by atoms with Gasteiger partial charge in [0.1, 0.15) is 11.4 Å². The van der Waals surface area contributed by atoms with E-state index < -0.39 is 54.8 Å². The van der Waals surface area contributed by atoms with Gasteiger partial charge < -0.3 is 4.74 Å². The number of benzene rings is 3. The normalized spacial score (nSPS) is 25.5. The number of para-hydroxylation sites is 1. The zero-order valence-corrected chi connectivity index (χ0v) is 20.6. The van der Waals surface area contributed by atoms with Gasteiger partial charge in [-0.25, -0.2) is 17.6 Å². The average Bonchev–Trinajstić information content (AvgIpc) is 3.44. The number of methoxy groups -OCH3 is 1. The molecule has 37 heavy (non-hydrogen) atoms. The lowest BCUT2D eigenvalue weighted by molar-refractivity contribution is -0.387. The Hall–Kier alpha value is -3.67. The molecule has 2 aliphatic rings. The molecule has 4 atom stereocenters. The minimum Gasteiger partial charge on any atom is -0.468 e. The van der Waals surface area contributed by atoms with Crippen molar-refractivity contribution in [3.63, 3.8) is 0 Å². The molecule has 0 spiro atoms. The standard InChI is InChI=1S/C26H24FN3O6S/c1-36-25(31)26-16-29(37(34,35)22-10-6-5-9-21(22)30(32)33)15-20(26)23(17-7-3-2-4-8-17)24(28-26)18-11-13-19(27)14-12-18/h2-14,20,23-24,28H,15-16H2,1H3/t20-,23-,24-,26-/m0/s1. The summed E-state index contributed by atoms with van der Waals surface area (Å²) < 4.78 is 47.3. The van der Waals surface area contributed by atoms with E-state index in [0.29, 0.717) is 0 Å². The van der Waals surface area contributed by atoms with Crippen LogP contribution in [0.5, 0.6) is 0 Å². The Morgan fingerprint density at radius 3 is 2.35 bits per heavy atom. The van der Waals surface area contributed by atoms with Crippen LogP contribution in [0.3, 0.4) is 0 Å². The maximum Gasteiger partial charge on any atom is 0.327 e. The van der Waals surface area contributed by atoms with Gasteiger partial charge in [-0.05, 0) is 29.3 Å². The Morgan fingerprint density at radius 2 is 1.70 bits per heavy atom. The van der Waals surface area contributed by atoms with Crippen molar-refractivity contribution in [3.8, 4) is 0 Å². The molecule has 3 aromatic carbocycles. The largest absolute Gasteiger partial charge is 0.468 e. The van der Waals surface area contributed by atoms with Crippen molar-refractivity contribution < 1.29 is 27.3 Å². The van der Waals surface area contributed by atoms with Crippen LogP contribution in [-0.4, -0.2) is 49.4 Å². The highest BCUT2D eigenvalue weighted by Crippen LogP contribution is 2.53. The molecule has 0 bridgehead atoms. The van der Waals surface area contributed by atoms with Crippen LogP contribution in [0.2, 0.25) is 0 Å². The highest BCUT2D eigenvalue weighted by molar-refractivity contribution is 7.89. The number of nitrogens with zero attached hydrogens (tertiary/aromatic N) is 2. The van der Waals surface area contributed by atoms with Crippen LogP contribution in [0.25, 0.3) is 0 Å². The Bertz CT molecular complexity index is 1450. The fourth-order valence-electron chi connectivity index (χ4n) is 5.67. The van der Waals surface area contributed by atoms with Gasteiger partial charge in [-0.1, -0.05) is 54.6 Å². The zero-order valence-electron chi connectivity index (χ0n) is 19.8. The molecule has 2 heterocycles. The molecule has 0 aliphatic carbocycles. The molecule has 0 radical (unpaired) electrons. The van der Waals surface area contributed by atoms with E-state index in [4.69, 9.17) is 4.74 Å². The molecule has 2 fully saturated rings. The van der Waals surface area contributed by atoms with Crippen LogP contribution in [0.15, 0.2) is 83.8 Å². The monoisotopic (exact) mass is 525 g/mol. The molecular formula is C26H24FN3O6S. The lowest BCUT2D eigenvalue weighted by Crippen LogP contribution is -2.54. The minimum atomic E-state index is -4.34. The van der Waals surface area contributed by atoms with E-state index in [1.807, 2.05) is 30.3 Å². The number of hydrogen-bond donors (Lipinski definition) is 1. The van der Waals surface area contributed by atoms with Gasteiger partial charge in [0, 0.05) is 37.0 Å². The number of nitro groups is 1. The van der Waals surface area contributed by atoms with E-state index in [1.165, 1.54) is 37.4 Å². The molecule has 9 nitrogen and oxygen atoms in total. The highest BCUT2D eigenvalue weighted by Gasteiger charge is 2.65. The number of ether oxygens (including phenoxy) is 1. The van der Waals surface area contributed by atoms with E-state index in [-0.39, 0.29) is 19.0 Å². The van der Waals surface area contributed by atoms with Crippen LogP contribution in [0, 0.1) is 21.8 Å². The Labute approximate surface area is 213 Å². The third kappa shape index (κ3) is 4.08. The van der Waals surface area contributed by atoms with Gasteiger partial charge in [-0.15, -0.1) is 0 Å². The minimum absolute atomic E-state index is 0.0757. The summed E-state index contributed by atoms with van der Waals surface area (Å²) in [5.41, 5.74) is -0.361. The number of esters is 1. The number of carbonyl (C=O) groups excluding carboxylic acids is 1. The number of rotatable bonds is 6. The van der Waals surface area contributed by atoms with Crippen LogP contribution in [0.4, 0.5) is 10.1 Å². The predicted octanol–water partition coefficient (Wildman–Crippen LogP) is 3.39. The molecule has 0 amide bonds. The fraction of sp³-hybridized carbons (Fsp3) is 0.269. The van der Waals surface area contributed by atoms with Crippen LogP contribution in [-0.2, 0) is 19.6 Å². The molecule has 0 saturated carbocycles. The Morgan fingerprint density at radius 1 is 1.05 bits per heavy atom. The molecule has 0 unspecified atom stereocenters. The Kier molecular flexibility index (Phi) is 6.30. The second-order valence-corrected chi connectivity index (χ2v) is 11.1. The molecule has 3 aromatic rings. The van der Waals surface area contributed by atoms with E-state index in [2.05, 4.69) is 5.32 Å². The molecule has 11 heteroatoms. The summed E-state index contributed by atoms with van der Waals surface area (Å²) >= 11 is 0. The summed E-state index contributed by atoms with van der Waals surface area (Å²) in [6.07, 6.45) is 0. The van der Waals surface area contributed by atoms with Crippen LogP contribution < -0.4 is 5.32 Å². The Balaban J connectivity index is 1.62. The van der Waals surface area contributed by atoms with Gasteiger partial charge in [0.15, 0.2) is 4.90 Å². The third-order valence-electron chi connectivity index (χ3n) is 7.31. The number of carbonyl (C=O) groups is 1. The summed E-state index contributed by atoms with van der Waals surface area (Å²) in [5.74, 6) is -1.99. The van der Waals surface area contributed by atoms with Crippen molar-refractivity contribution in [2.24, 2.45) is 5.92 Å². The summed E-state index contributed by atoms with van der Waals surface area (Å²) in [6, 6.07) is 20.0.